The molecule has 3 rings (SSSR count). The van der Waals surface area contributed by atoms with E-state index in [2.05, 4.69) is 28.5 Å². The van der Waals surface area contributed by atoms with E-state index in [4.69, 9.17) is 5.73 Å². The minimum absolute atomic E-state index is 0.280. The fourth-order valence-corrected chi connectivity index (χ4v) is 3.49. The van der Waals surface area contributed by atoms with Gasteiger partial charge in [-0.15, -0.1) is 0 Å². The summed E-state index contributed by atoms with van der Waals surface area (Å²) in [6, 6.07) is 11.2. The van der Waals surface area contributed by atoms with Crippen molar-refractivity contribution in [2.75, 3.05) is 5.32 Å². The average Bonchev–Trinajstić information content (AvgIpc) is 3.20. The molecule has 1 aromatic heterocycles. The van der Waals surface area contributed by atoms with Crippen LogP contribution in [0.2, 0.25) is 0 Å². The van der Waals surface area contributed by atoms with E-state index in [0.717, 1.165) is 33.3 Å². The molecule has 0 saturated carbocycles. The second-order valence-electron chi connectivity index (χ2n) is 6.87. The van der Waals surface area contributed by atoms with Crippen molar-refractivity contribution in [3.05, 3.63) is 84.7 Å². The van der Waals surface area contributed by atoms with Gasteiger partial charge in [0.2, 0.25) is 5.91 Å². The first-order valence-electron chi connectivity index (χ1n) is 9.71. The number of hydrogen-bond acceptors (Lipinski definition) is 3. The van der Waals surface area contributed by atoms with Crippen LogP contribution in [0.5, 0.6) is 0 Å². The Bertz CT molecular complexity index is 1260. The molecule has 3 aromatic rings. The first kappa shape index (κ1) is 21.5. The third kappa shape index (κ3) is 4.23. The lowest BCUT2D eigenvalue weighted by molar-refractivity contribution is -0.111. The molecule has 0 unspecified atom stereocenters. The van der Waals surface area contributed by atoms with Crippen LogP contribution in [0, 0.1) is 6.92 Å². The zero-order valence-electron chi connectivity index (χ0n) is 17.5. The Morgan fingerprint density at radius 2 is 1.94 bits per heavy atom. The number of primary amides is 1. The molecule has 1 heterocycles. The molecule has 0 bridgehead atoms. The normalized spacial score (nSPS) is 11.6. The molecule has 6 heteroatoms. The van der Waals surface area contributed by atoms with Crippen molar-refractivity contribution in [3.63, 3.8) is 0 Å². The lowest BCUT2D eigenvalue weighted by Gasteiger charge is -2.13. The van der Waals surface area contributed by atoms with Gasteiger partial charge in [-0.25, -0.2) is 0 Å². The van der Waals surface area contributed by atoms with E-state index in [-0.39, 0.29) is 5.91 Å². The van der Waals surface area contributed by atoms with Gasteiger partial charge in [0.15, 0.2) is 0 Å². The summed E-state index contributed by atoms with van der Waals surface area (Å²) in [4.78, 5) is 31.3. The highest BCUT2D eigenvalue weighted by atomic mass is 16.1. The molecule has 156 valence electrons. The van der Waals surface area contributed by atoms with Crippen LogP contribution in [0.3, 0.4) is 0 Å². The molecule has 0 saturated heterocycles. The molecule has 2 aromatic carbocycles. The molecule has 0 aliphatic rings. The number of H-pyrrole nitrogens is 1. The monoisotopic (exact) mass is 412 g/mol. The maximum absolute atomic E-state index is 12.0. The Kier molecular flexibility index (Phi) is 6.31. The number of nitrogens with zero attached hydrogens (tertiary/aromatic N) is 1. The number of benzene rings is 2. The third-order valence-electron chi connectivity index (χ3n) is 5.07. The van der Waals surface area contributed by atoms with Crippen molar-refractivity contribution in [2.24, 2.45) is 10.7 Å². The highest BCUT2D eigenvalue weighted by Crippen LogP contribution is 2.36. The van der Waals surface area contributed by atoms with E-state index in [1.807, 2.05) is 50.3 Å². The van der Waals surface area contributed by atoms with Crippen LogP contribution in [-0.2, 0) is 4.79 Å². The van der Waals surface area contributed by atoms with Crippen LogP contribution in [0.4, 0.5) is 5.69 Å². The molecule has 0 spiro atoms. The number of rotatable bonds is 7. The summed E-state index contributed by atoms with van der Waals surface area (Å²) in [5, 5.41) is 3.67. The van der Waals surface area contributed by atoms with E-state index in [1.165, 1.54) is 12.3 Å². The van der Waals surface area contributed by atoms with Crippen molar-refractivity contribution < 1.29 is 9.59 Å². The number of nitrogens with two attached hydrogens (primary N) is 1. The van der Waals surface area contributed by atoms with Crippen molar-refractivity contribution in [1.29, 1.82) is 0 Å². The number of anilines is 1. The maximum atomic E-state index is 12.0. The number of aromatic nitrogens is 1. The molecule has 0 fully saturated rings. The number of hydrogen-bond donors (Lipinski definition) is 3. The maximum Gasteiger partial charge on any atom is 0.250 e. The Labute approximate surface area is 180 Å². The van der Waals surface area contributed by atoms with E-state index in [9.17, 15) is 9.59 Å². The zero-order chi connectivity index (χ0) is 22.5. The molecule has 0 atom stereocenters. The average molecular weight is 412 g/mol. The van der Waals surface area contributed by atoms with Crippen molar-refractivity contribution in [2.45, 2.75) is 13.8 Å². The summed E-state index contributed by atoms with van der Waals surface area (Å²) in [6.45, 7) is 10.9. The van der Waals surface area contributed by atoms with E-state index < -0.39 is 5.91 Å². The third-order valence-corrected chi connectivity index (χ3v) is 5.07. The number of aliphatic imine (C=N–C) groups is 1. The summed E-state index contributed by atoms with van der Waals surface area (Å²) in [5.41, 5.74) is 11.7. The van der Waals surface area contributed by atoms with Gasteiger partial charge in [0.25, 0.3) is 5.91 Å². The van der Waals surface area contributed by atoms with Gasteiger partial charge in [-0.1, -0.05) is 37.4 Å². The van der Waals surface area contributed by atoms with E-state index in [0.29, 0.717) is 16.8 Å². The predicted octanol–water partition coefficient (Wildman–Crippen LogP) is 4.98. The van der Waals surface area contributed by atoms with E-state index in [1.54, 1.807) is 12.3 Å². The molecule has 31 heavy (non-hydrogen) atoms. The molecule has 0 aliphatic heterocycles. The quantitative estimate of drug-likeness (QED) is 0.376. The van der Waals surface area contributed by atoms with Gasteiger partial charge < -0.3 is 16.0 Å². The summed E-state index contributed by atoms with van der Waals surface area (Å²) in [5.74, 6) is -0.798. The van der Waals surface area contributed by atoms with Crippen molar-refractivity contribution in [1.82, 2.24) is 4.98 Å². The second kappa shape index (κ2) is 9.09. The summed E-state index contributed by atoms with van der Waals surface area (Å²) >= 11 is 0. The number of allylic oxidation sites excluding steroid dienone is 2. The summed E-state index contributed by atoms with van der Waals surface area (Å²) < 4.78 is 0. The zero-order valence-corrected chi connectivity index (χ0v) is 17.5. The molecule has 6 nitrogen and oxygen atoms in total. The van der Waals surface area contributed by atoms with Crippen LogP contribution in [-0.4, -0.2) is 23.0 Å². The largest absolute Gasteiger partial charge is 0.366 e. The number of nitrogens with one attached hydrogen (secondary N) is 2. The van der Waals surface area contributed by atoms with Gasteiger partial charge in [-0.05, 0) is 54.8 Å². The molecule has 0 aliphatic carbocycles. The van der Waals surface area contributed by atoms with Crippen molar-refractivity contribution >= 4 is 40.2 Å². The number of aromatic amines is 1. The topological polar surface area (TPSA) is 100 Å². The summed E-state index contributed by atoms with van der Waals surface area (Å²) in [7, 11) is 0. The second-order valence-corrected chi connectivity index (χ2v) is 6.87. The number of carbonyl (C=O) groups is 2. The number of carbonyl (C=O) groups excluding carboxylic acids is 2. The molecule has 4 N–H and O–H groups in total. The van der Waals surface area contributed by atoms with Crippen molar-refractivity contribution in [3.8, 4) is 11.1 Å². The highest BCUT2D eigenvalue weighted by molar-refractivity contribution is 6.14. The fourth-order valence-electron chi connectivity index (χ4n) is 3.49. The van der Waals surface area contributed by atoms with Crippen LogP contribution in [0.15, 0.2) is 72.9 Å². The Hall–Kier alpha value is -4.19. The Balaban J connectivity index is 2.26. The molecule has 0 radical (unpaired) electrons. The lowest BCUT2D eigenvalue weighted by Crippen LogP contribution is -2.11. The molecular formula is C25H24N4O2. The van der Waals surface area contributed by atoms with Gasteiger partial charge >= 0.3 is 0 Å². The van der Waals surface area contributed by atoms with Crippen LogP contribution >= 0.6 is 0 Å². The fraction of sp³-hybridized carbons (Fsp3) is 0.0800. The summed E-state index contributed by atoms with van der Waals surface area (Å²) in [6.07, 6.45) is 6.29. The molecular weight excluding hydrogens is 388 g/mol. The lowest BCUT2D eigenvalue weighted by atomic mass is 9.94. The molecule has 2 amide bonds. The van der Waals surface area contributed by atoms with Crippen LogP contribution in [0.1, 0.15) is 28.5 Å². The first-order valence-corrected chi connectivity index (χ1v) is 9.71. The Morgan fingerprint density at radius 1 is 1.16 bits per heavy atom. The van der Waals surface area contributed by atoms with Crippen LogP contribution in [0.25, 0.3) is 27.6 Å². The smallest absolute Gasteiger partial charge is 0.250 e. The minimum atomic E-state index is -0.518. The van der Waals surface area contributed by atoms with E-state index >= 15 is 0 Å². The minimum Gasteiger partial charge on any atom is -0.366 e. The number of fused-ring (bicyclic) bond motifs is 1. The van der Waals surface area contributed by atoms with Gasteiger partial charge in [0, 0.05) is 34.8 Å². The van der Waals surface area contributed by atoms with Gasteiger partial charge in [-0.2, -0.15) is 0 Å². The first-order chi connectivity index (χ1) is 14.9. The Morgan fingerprint density at radius 3 is 2.58 bits per heavy atom. The van der Waals surface area contributed by atoms with Gasteiger partial charge in [-0.3, -0.25) is 14.6 Å². The number of amides is 2. The van der Waals surface area contributed by atoms with Crippen LogP contribution < -0.4 is 11.1 Å². The highest BCUT2D eigenvalue weighted by Gasteiger charge is 2.17. The SMILES string of the molecule is C=C/N=C\C(=C/C)c1cc2c(-c3cccc(NC(=O)C=C)c3C)ccc(C(N)=O)c2[nH]1. The van der Waals surface area contributed by atoms with Gasteiger partial charge in [0.1, 0.15) is 0 Å². The van der Waals surface area contributed by atoms with Gasteiger partial charge in [0.05, 0.1) is 11.1 Å². The standard InChI is InChI=1S/C25H24N4O2/c1-5-16(14-27-7-3)22-13-20-18(11-12-19(25(26)31)24(20)29-22)17-9-8-10-21(15(17)4)28-23(30)6-2/h5-14,29H,2-3H2,1,4H3,(H2,26,31)(H,28,30)/b16-5+,27-14-. The predicted molar refractivity (Wildman–Crippen MR) is 128 cm³/mol.